The van der Waals surface area contributed by atoms with Crippen LogP contribution in [0.25, 0.3) is 0 Å². The van der Waals surface area contributed by atoms with E-state index in [0.717, 1.165) is 29.1 Å². The minimum absolute atomic E-state index is 0.115. The number of nitrogens with one attached hydrogen (secondary N) is 1. The largest absolute Gasteiger partial charge is 0.494 e. The molecular weight excluding hydrogens is 440 g/mol. The number of ether oxygens (including phenoxy) is 1. The maximum Gasteiger partial charge on any atom is 0.243 e. The molecule has 3 aliphatic heterocycles. The van der Waals surface area contributed by atoms with Crippen LogP contribution in [-0.4, -0.2) is 44.7 Å². The zero-order chi connectivity index (χ0) is 23.4. The molecule has 0 saturated carbocycles. The highest BCUT2D eigenvalue weighted by atomic mass is 32.2. The monoisotopic (exact) mass is 470 g/mol. The fourth-order valence-electron chi connectivity index (χ4n) is 5.75. The number of ketones is 1. The smallest absolute Gasteiger partial charge is 0.243 e. The van der Waals surface area contributed by atoms with Crippen LogP contribution in [0.1, 0.15) is 46.5 Å². The summed E-state index contributed by atoms with van der Waals surface area (Å²) in [5.41, 5.74) is 2.21. The van der Waals surface area contributed by atoms with Crippen molar-refractivity contribution >= 4 is 15.8 Å². The second-order valence-corrected chi connectivity index (χ2v) is 12.0. The van der Waals surface area contributed by atoms with E-state index in [4.69, 9.17) is 4.74 Å². The van der Waals surface area contributed by atoms with Crippen molar-refractivity contribution in [1.82, 2.24) is 9.62 Å². The molecule has 1 aromatic carbocycles. The maximum absolute atomic E-state index is 13.4. The molecule has 33 heavy (non-hydrogen) atoms. The Balaban J connectivity index is 1.44. The van der Waals surface area contributed by atoms with E-state index in [1.807, 2.05) is 6.92 Å². The van der Waals surface area contributed by atoms with Gasteiger partial charge in [0.15, 0.2) is 11.6 Å². The number of hydrogen-bond donors (Lipinski definition) is 1. The molecule has 1 aromatic rings. The van der Waals surface area contributed by atoms with Crippen molar-refractivity contribution in [3.8, 4) is 5.75 Å². The highest BCUT2D eigenvalue weighted by molar-refractivity contribution is 7.89. The quantitative estimate of drug-likeness (QED) is 0.722. The van der Waals surface area contributed by atoms with Gasteiger partial charge in [0.25, 0.3) is 0 Å². The fourth-order valence-corrected chi connectivity index (χ4v) is 7.19. The van der Waals surface area contributed by atoms with Crippen LogP contribution in [0.2, 0.25) is 0 Å². The standard InChI is InChI=1S/C24H30N4O4S/c1-4-32-16-5-7-17(8-6-16)33(30,31)28-11-9-24(10-12-28)18-15-25-27-22(18)26-19-13-23(2,3)14-20(29)21(19)24/h5-8,26H,4,9-15H2,1-3H3. The molecule has 0 atom stereocenters. The average Bonchev–Trinajstić information content (AvgIpc) is 3.23. The van der Waals surface area contributed by atoms with Gasteiger partial charge in [0, 0.05) is 41.8 Å². The third kappa shape index (κ3) is 3.61. The molecule has 0 amide bonds. The Kier molecular flexibility index (Phi) is 5.25. The Labute approximate surface area is 194 Å². The van der Waals surface area contributed by atoms with E-state index < -0.39 is 15.4 Å². The van der Waals surface area contributed by atoms with Crippen LogP contribution >= 0.6 is 0 Å². The lowest BCUT2D eigenvalue weighted by Gasteiger charge is -2.48. The van der Waals surface area contributed by atoms with Crippen LogP contribution in [0.4, 0.5) is 0 Å². The number of nitrogens with zero attached hydrogens (tertiary/aromatic N) is 3. The third-order valence-electron chi connectivity index (χ3n) is 7.23. The first-order valence-electron chi connectivity index (χ1n) is 11.5. The van der Waals surface area contributed by atoms with Crippen LogP contribution in [0.15, 0.2) is 62.1 Å². The zero-order valence-electron chi connectivity index (χ0n) is 19.3. The number of fused-ring (bicyclic) bond motifs is 2. The Morgan fingerprint density at radius 2 is 1.82 bits per heavy atom. The van der Waals surface area contributed by atoms with Gasteiger partial charge in [-0.25, -0.2) is 8.42 Å². The van der Waals surface area contributed by atoms with E-state index in [1.165, 1.54) is 4.31 Å². The van der Waals surface area contributed by atoms with Crippen molar-refractivity contribution in [2.24, 2.45) is 21.1 Å². The first-order valence-corrected chi connectivity index (χ1v) is 13.0. The van der Waals surface area contributed by atoms with Crippen LogP contribution in [0.5, 0.6) is 5.75 Å². The van der Waals surface area contributed by atoms with Gasteiger partial charge in [0.2, 0.25) is 10.0 Å². The van der Waals surface area contributed by atoms with Gasteiger partial charge in [-0.05, 0) is 55.9 Å². The predicted octanol–water partition coefficient (Wildman–Crippen LogP) is 3.78. The molecule has 1 fully saturated rings. The van der Waals surface area contributed by atoms with Crippen molar-refractivity contribution in [3.05, 3.63) is 46.9 Å². The molecule has 4 aliphatic rings. The molecule has 1 spiro atoms. The molecule has 1 aliphatic carbocycles. The number of piperidine rings is 1. The molecule has 9 heteroatoms. The van der Waals surface area contributed by atoms with Crippen molar-refractivity contribution in [1.29, 1.82) is 0 Å². The number of dihydropyridines is 1. The normalized spacial score (nSPS) is 24.0. The van der Waals surface area contributed by atoms with E-state index in [9.17, 15) is 13.2 Å². The molecule has 0 aromatic heterocycles. The summed E-state index contributed by atoms with van der Waals surface area (Å²) in [5.74, 6) is 1.56. The molecule has 1 N–H and O–H groups in total. The lowest BCUT2D eigenvalue weighted by Crippen LogP contribution is -2.50. The topological polar surface area (TPSA) is 100 Å². The molecule has 5 rings (SSSR count). The van der Waals surface area contributed by atoms with E-state index in [2.05, 4.69) is 29.4 Å². The SMILES string of the molecule is CCOc1ccc(S(=O)(=O)N2CCC3(CC2)C2=C(N=NC2)NC2=C3C(=O)CC(C)(C)C2)cc1. The molecule has 176 valence electrons. The Morgan fingerprint density at radius 1 is 1.12 bits per heavy atom. The molecular formula is C24H30N4O4S. The second-order valence-electron chi connectivity index (χ2n) is 10.0. The summed E-state index contributed by atoms with van der Waals surface area (Å²) in [4.78, 5) is 13.6. The van der Waals surface area contributed by atoms with Crippen molar-refractivity contribution in [3.63, 3.8) is 0 Å². The van der Waals surface area contributed by atoms with Gasteiger partial charge in [0.1, 0.15) is 5.75 Å². The summed E-state index contributed by atoms with van der Waals surface area (Å²) < 4.78 is 33.6. The van der Waals surface area contributed by atoms with E-state index in [1.54, 1.807) is 24.3 Å². The Bertz CT molecular complexity index is 1190. The number of Topliss-reactive ketones (excluding diaryl/α,β-unsaturated/α-hetero) is 1. The molecule has 3 heterocycles. The van der Waals surface area contributed by atoms with Gasteiger partial charge in [-0.1, -0.05) is 13.8 Å². The number of carbonyl (C=O) groups is 1. The van der Waals surface area contributed by atoms with Gasteiger partial charge in [0.05, 0.1) is 18.0 Å². The third-order valence-corrected chi connectivity index (χ3v) is 9.15. The fraction of sp³-hybridized carbons (Fsp3) is 0.542. The summed E-state index contributed by atoms with van der Waals surface area (Å²) in [6, 6.07) is 6.56. The number of sulfonamides is 1. The summed E-state index contributed by atoms with van der Waals surface area (Å²) in [5, 5.41) is 11.9. The summed E-state index contributed by atoms with van der Waals surface area (Å²) >= 11 is 0. The van der Waals surface area contributed by atoms with Gasteiger partial charge in [-0.15, -0.1) is 5.11 Å². The minimum atomic E-state index is -3.63. The first-order chi connectivity index (χ1) is 15.7. The molecule has 1 saturated heterocycles. The number of rotatable bonds is 4. The lowest BCUT2D eigenvalue weighted by molar-refractivity contribution is -0.119. The van der Waals surface area contributed by atoms with Crippen LogP contribution in [-0.2, 0) is 14.8 Å². The molecule has 0 bridgehead atoms. The van der Waals surface area contributed by atoms with Crippen LogP contribution in [0.3, 0.4) is 0 Å². The number of azo groups is 1. The van der Waals surface area contributed by atoms with Gasteiger partial charge >= 0.3 is 0 Å². The van der Waals surface area contributed by atoms with E-state index in [-0.39, 0.29) is 16.1 Å². The lowest BCUT2D eigenvalue weighted by atomic mass is 9.60. The predicted molar refractivity (Wildman–Crippen MR) is 123 cm³/mol. The van der Waals surface area contributed by atoms with Crippen LogP contribution in [0, 0.1) is 10.8 Å². The number of benzene rings is 1. The van der Waals surface area contributed by atoms with Crippen LogP contribution < -0.4 is 10.1 Å². The highest BCUT2D eigenvalue weighted by Crippen LogP contribution is 2.55. The number of carbonyl (C=O) groups excluding carboxylic acids is 1. The molecule has 8 nitrogen and oxygen atoms in total. The average molecular weight is 471 g/mol. The number of hydrogen-bond acceptors (Lipinski definition) is 7. The first kappa shape index (κ1) is 22.3. The maximum atomic E-state index is 13.4. The minimum Gasteiger partial charge on any atom is -0.494 e. The van der Waals surface area contributed by atoms with Gasteiger partial charge < -0.3 is 10.1 Å². The number of allylic oxidation sites excluding steroid dienone is 2. The van der Waals surface area contributed by atoms with E-state index >= 15 is 0 Å². The molecule has 0 unspecified atom stereocenters. The molecule has 0 radical (unpaired) electrons. The van der Waals surface area contributed by atoms with Crippen molar-refractivity contribution in [2.75, 3.05) is 26.2 Å². The van der Waals surface area contributed by atoms with Crippen molar-refractivity contribution in [2.45, 2.75) is 51.3 Å². The van der Waals surface area contributed by atoms with Crippen molar-refractivity contribution < 1.29 is 17.9 Å². The zero-order valence-corrected chi connectivity index (χ0v) is 20.2. The summed E-state index contributed by atoms with van der Waals surface area (Å²) in [6.45, 7) is 7.78. The Hall–Kier alpha value is -2.52. The highest BCUT2D eigenvalue weighted by Gasteiger charge is 2.53. The van der Waals surface area contributed by atoms with E-state index in [0.29, 0.717) is 51.3 Å². The summed E-state index contributed by atoms with van der Waals surface area (Å²) in [7, 11) is -3.63. The summed E-state index contributed by atoms with van der Waals surface area (Å²) in [6.07, 6.45) is 2.39. The van der Waals surface area contributed by atoms with Gasteiger partial charge in [-0.3, -0.25) is 4.79 Å². The second kappa shape index (κ2) is 7.77. The Morgan fingerprint density at radius 3 is 2.48 bits per heavy atom. The van der Waals surface area contributed by atoms with Gasteiger partial charge in [-0.2, -0.15) is 9.42 Å².